The summed E-state index contributed by atoms with van der Waals surface area (Å²) < 4.78 is 0. The Balaban J connectivity index is 0.00000196. The van der Waals surface area contributed by atoms with Gasteiger partial charge in [-0.25, -0.2) is 0 Å². The van der Waals surface area contributed by atoms with E-state index in [4.69, 9.17) is 0 Å². The van der Waals surface area contributed by atoms with Crippen LogP contribution >= 0.6 is 0 Å². The molecule has 0 aromatic heterocycles. The summed E-state index contributed by atoms with van der Waals surface area (Å²) in [5.41, 5.74) is 0.888. The molecule has 0 aromatic rings. The van der Waals surface area contributed by atoms with Crippen molar-refractivity contribution in [3.63, 3.8) is 0 Å². The Hall–Kier alpha value is -0.260. The highest BCUT2D eigenvalue weighted by molar-refractivity contribution is 5.04. The van der Waals surface area contributed by atoms with Gasteiger partial charge in [0.05, 0.1) is 0 Å². The van der Waals surface area contributed by atoms with Crippen LogP contribution in [0.15, 0.2) is 12.2 Å². The standard InChI is InChI=1S/C14H26.CH4/c1-13(2,3)11-7-9-12(10-8-11)14(4,5)6;/h7,9,11-12H,8,10H2,1-6H3;1H4. The third kappa shape index (κ3) is 4.01. The highest BCUT2D eigenvalue weighted by atomic mass is 14.3. The van der Waals surface area contributed by atoms with Gasteiger partial charge in [-0.1, -0.05) is 61.1 Å². The third-order valence-electron chi connectivity index (χ3n) is 3.59. The molecule has 0 spiro atoms. The summed E-state index contributed by atoms with van der Waals surface area (Å²) in [6, 6.07) is 0. The molecule has 0 heteroatoms. The van der Waals surface area contributed by atoms with Gasteiger partial charge in [-0.15, -0.1) is 0 Å². The molecule has 0 aromatic carbocycles. The van der Waals surface area contributed by atoms with E-state index < -0.39 is 0 Å². The lowest BCUT2D eigenvalue weighted by Gasteiger charge is -2.37. The highest BCUT2D eigenvalue weighted by Crippen LogP contribution is 2.40. The van der Waals surface area contributed by atoms with Gasteiger partial charge in [-0.2, -0.15) is 0 Å². The SMILES string of the molecule is C.CC(C)(C)C1C=CC(C(C)(C)C)CC1. The van der Waals surface area contributed by atoms with E-state index in [1.807, 2.05) is 0 Å². The minimum atomic E-state index is 0. The molecular weight excluding hydrogens is 180 g/mol. The monoisotopic (exact) mass is 210 g/mol. The number of hydrogen-bond acceptors (Lipinski definition) is 0. The molecule has 2 unspecified atom stereocenters. The maximum absolute atomic E-state index is 2.46. The molecule has 0 aliphatic heterocycles. The van der Waals surface area contributed by atoms with Crippen molar-refractivity contribution in [1.29, 1.82) is 0 Å². The van der Waals surface area contributed by atoms with Crippen molar-refractivity contribution in [2.45, 2.75) is 61.8 Å². The van der Waals surface area contributed by atoms with Gasteiger partial charge in [0.15, 0.2) is 0 Å². The van der Waals surface area contributed by atoms with Gasteiger partial charge >= 0.3 is 0 Å². The van der Waals surface area contributed by atoms with Crippen LogP contribution in [0.25, 0.3) is 0 Å². The molecule has 15 heavy (non-hydrogen) atoms. The van der Waals surface area contributed by atoms with Gasteiger partial charge in [0.25, 0.3) is 0 Å². The molecule has 0 saturated heterocycles. The Labute approximate surface area is 97.2 Å². The molecule has 0 fully saturated rings. The predicted octanol–water partition coefficient (Wildman–Crippen LogP) is 5.30. The molecule has 0 nitrogen and oxygen atoms in total. The maximum atomic E-state index is 2.46. The fraction of sp³-hybridized carbons (Fsp3) is 0.867. The molecule has 0 amide bonds. The number of rotatable bonds is 0. The van der Waals surface area contributed by atoms with E-state index >= 15 is 0 Å². The Kier molecular flexibility index (Phi) is 4.64. The summed E-state index contributed by atoms with van der Waals surface area (Å²) in [7, 11) is 0. The van der Waals surface area contributed by atoms with Crippen molar-refractivity contribution in [2.75, 3.05) is 0 Å². The molecule has 0 saturated carbocycles. The smallest absolute Gasteiger partial charge is 0.0184 e. The third-order valence-corrected chi connectivity index (χ3v) is 3.59. The lowest BCUT2D eigenvalue weighted by atomic mass is 9.68. The topological polar surface area (TPSA) is 0 Å². The van der Waals surface area contributed by atoms with E-state index in [0.717, 1.165) is 11.8 Å². The second-order valence-electron chi connectivity index (χ2n) is 6.91. The van der Waals surface area contributed by atoms with Crippen molar-refractivity contribution >= 4 is 0 Å². The lowest BCUT2D eigenvalue weighted by molar-refractivity contribution is 0.203. The van der Waals surface area contributed by atoms with E-state index in [1.54, 1.807) is 0 Å². The zero-order valence-corrected chi connectivity index (χ0v) is 10.7. The normalized spacial score (nSPS) is 27.3. The quantitative estimate of drug-likeness (QED) is 0.476. The molecule has 0 bridgehead atoms. The Morgan fingerprint density at radius 3 is 1.13 bits per heavy atom. The second kappa shape index (κ2) is 4.72. The molecule has 1 aliphatic carbocycles. The van der Waals surface area contributed by atoms with Crippen molar-refractivity contribution < 1.29 is 0 Å². The first kappa shape index (κ1) is 14.7. The Morgan fingerprint density at radius 2 is 1.00 bits per heavy atom. The van der Waals surface area contributed by atoms with E-state index in [2.05, 4.69) is 53.7 Å². The van der Waals surface area contributed by atoms with Crippen molar-refractivity contribution in [1.82, 2.24) is 0 Å². The zero-order chi connectivity index (χ0) is 11.0. The van der Waals surface area contributed by atoms with Crippen LogP contribution in [0.5, 0.6) is 0 Å². The van der Waals surface area contributed by atoms with Crippen LogP contribution in [-0.2, 0) is 0 Å². The summed E-state index contributed by atoms with van der Waals surface area (Å²) in [6.45, 7) is 14.1. The average molecular weight is 210 g/mol. The van der Waals surface area contributed by atoms with Gasteiger partial charge in [-0.05, 0) is 35.5 Å². The van der Waals surface area contributed by atoms with Crippen LogP contribution in [0.4, 0.5) is 0 Å². The average Bonchev–Trinajstić information content (AvgIpc) is 2.01. The summed E-state index contributed by atoms with van der Waals surface area (Å²) in [5.74, 6) is 1.56. The number of hydrogen-bond donors (Lipinski definition) is 0. The molecule has 1 aliphatic rings. The van der Waals surface area contributed by atoms with E-state index in [9.17, 15) is 0 Å². The van der Waals surface area contributed by atoms with Gasteiger partial charge in [-0.3, -0.25) is 0 Å². The van der Waals surface area contributed by atoms with E-state index in [0.29, 0.717) is 10.8 Å². The summed E-state index contributed by atoms with van der Waals surface area (Å²) >= 11 is 0. The van der Waals surface area contributed by atoms with Crippen LogP contribution in [-0.4, -0.2) is 0 Å². The summed E-state index contributed by atoms with van der Waals surface area (Å²) in [4.78, 5) is 0. The van der Waals surface area contributed by atoms with E-state index in [1.165, 1.54) is 12.8 Å². The zero-order valence-electron chi connectivity index (χ0n) is 10.7. The molecule has 2 atom stereocenters. The predicted molar refractivity (Wildman–Crippen MR) is 71.0 cm³/mol. The minimum Gasteiger partial charge on any atom is -0.0846 e. The minimum absolute atomic E-state index is 0. The fourth-order valence-electron chi connectivity index (χ4n) is 2.26. The van der Waals surface area contributed by atoms with Gasteiger partial charge < -0.3 is 0 Å². The molecular formula is C15H30. The van der Waals surface area contributed by atoms with Crippen molar-refractivity contribution in [2.24, 2.45) is 22.7 Å². The highest BCUT2D eigenvalue weighted by Gasteiger charge is 2.30. The Morgan fingerprint density at radius 1 is 0.733 bits per heavy atom. The molecule has 0 N–H and O–H groups in total. The largest absolute Gasteiger partial charge is 0.0846 e. The maximum Gasteiger partial charge on any atom is -0.0184 e. The fourth-order valence-corrected chi connectivity index (χ4v) is 2.26. The van der Waals surface area contributed by atoms with Crippen LogP contribution in [0.2, 0.25) is 0 Å². The van der Waals surface area contributed by atoms with Crippen LogP contribution in [0.3, 0.4) is 0 Å². The lowest BCUT2D eigenvalue weighted by Crippen LogP contribution is -2.27. The van der Waals surface area contributed by atoms with Crippen molar-refractivity contribution in [3.05, 3.63) is 12.2 Å². The second-order valence-corrected chi connectivity index (χ2v) is 6.91. The Bertz CT molecular complexity index is 185. The van der Waals surface area contributed by atoms with Crippen LogP contribution in [0.1, 0.15) is 61.8 Å². The van der Waals surface area contributed by atoms with Crippen molar-refractivity contribution in [3.8, 4) is 0 Å². The first-order chi connectivity index (χ1) is 6.21. The van der Waals surface area contributed by atoms with Gasteiger partial charge in [0.2, 0.25) is 0 Å². The van der Waals surface area contributed by atoms with E-state index in [-0.39, 0.29) is 7.43 Å². The van der Waals surface area contributed by atoms with Crippen LogP contribution in [0, 0.1) is 22.7 Å². The first-order valence-electron chi connectivity index (χ1n) is 5.89. The first-order valence-corrected chi connectivity index (χ1v) is 5.89. The molecule has 1 rings (SSSR count). The van der Waals surface area contributed by atoms with Gasteiger partial charge in [0.1, 0.15) is 0 Å². The molecule has 0 radical (unpaired) electrons. The summed E-state index contributed by atoms with van der Waals surface area (Å²) in [5, 5.41) is 0. The summed E-state index contributed by atoms with van der Waals surface area (Å²) in [6.07, 6.45) is 7.64. The van der Waals surface area contributed by atoms with Crippen LogP contribution < -0.4 is 0 Å². The molecule has 0 heterocycles. The van der Waals surface area contributed by atoms with Gasteiger partial charge in [0, 0.05) is 0 Å². The number of allylic oxidation sites excluding steroid dienone is 2. The molecule has 90 valence electrons.